The van der Waals surface area contributed by atoms with Crippen LogP contribution in [0.5, 0.6) is 0 Å². The number of carbonyl (C=O) groups is 1. The summed E-state index contributed by atoms with van der Waals surface area (Å²) in [4.78, 5) is 29.7. The van der Waals surface area contributed by atoms with Gasteiger partial charge in [0.15, 0.2) is 0 Å². The maximum absolute atomic E-state index is 14.4. The van der Waals surface area contributed by atoms with Gasteiger partial charge in [0, 0.05) is 51.4 Å². The van der Waals surface area contributed by atoms with Crippen molar-refractivity contribution in [1.82, 2.24) is 20.3 Å². The van der Waals surface area contributed by atoms with Crippen LogP contribution in [0.15, 0.2) is 36.5 Å². The van der Waals surface area contributed by atoms with Gasteiger partial charge in [-0.05, 0) is 36.1 Å². The molecule has 38 heavy (non-hydrogen) atoms. The summed E-state index contributed by atoms with van der Waals surface area (Å²) in [5.74, 6) is 0.375. The number of hydrogen-bond donors (Lipinski definition) is 1. The van der Waals surface area contributed by atoms with Gasteiger partial charge in [0.25, 0.3) is 0 Å². The number of amides is 1. The van der Waals surface area contributed by atoms with Gasteiger partial charge in [0.1, 0.15) is 11.6 Å². The second-order valence-corrected chi connectivity index (χ2v) is 10.8. The van der Waals surface area contributed by atoms with E-state index in [9.17, 15) is 9.18 Å². The van der Waals surface area contributed by atoms with E-state index in [4.69, 9.17) is 9.57 Å². The number of benzene rings is 1. The molecule has 5 heterocycles. The zero-order chi connectivity index (χ0) is 27.2. The lowest BCUT2D eigenvalue weighted by molar-refractivity contribution is -0.137. The maximum atomic E-state index is 14.4. The van der Waals surface area contributed by atoms with Crippen LogP contribution >= 0.6 is 0 Å². The first kappa shape index (κ1) is 28.4. The molecule has 1 aromatic heterocycles. The van der Waals surface area contributed by atoms with Crippen LogP contribution in [0.1, 0.15) is 49.5 Å². The summed E-state index contributed by atoms with van der Waals surface area (Å²) >= 11 is 0. The number of hydroxylamine groups is 1. The number of ether oxygens (including phenoxy) is 1. The highest BCUT2D eigenvalue weighted by Gasteiger charge is 2.33. The van der Waals surface area contributed by atoms with Gasteiger partial charge in [0.2, 0.25) is 5.91 Å². The molecule has 0 radical (unpaired) electrons. The van der Waals surface area contributed by atoms with Crippen molar-refractivity contribution in [2.24, 2.45) is 11.8 Å². The number of likely N-dealkylation sites (N-methyl/N-ethyl adjacent to an activating group) is 1. The largest absolute Gasteiger partial charge is 0.372 e. The van der Waals surface area contributed by atoms with Gasteiger partial charge in [-0.15, -0.1) is 0 Å². The van der Waals surface area contributed by atoms with Crippen LogP contribution in [-0.2, 0) is 20.9 Å². The third-order valence-corrected chi connectivity index (χ3v) is 7.76. The van der Waals surface area contributed by atoms with Crippen molar-refractivity contribution >= 4 is 11.7 Å². The Kier molecular flexibility index (Phi) is 9.70. The standard InChI is InChI=1S/C29H42FN5O3/c1-20(2)27-25-16-24(30)17-31-28(25)34-10-12-35(13-11-34)29(36)26(18-32-37-5)21(3)23-8-6-22(7-9-23)19-33(4)14-15-38-27/h6-9,16-17,20-21,26-27,32H,10-15,18-19H2,1-5H3. The second kappa shape index (κ2) is 13.0. The van der Waals surface area contributed by atoms with Gasteiger partial charge in [-0.3, -0.25) is 9.69 Å². The molecule has 1 amide bonds. The maximum Gasteiger partial charge on any atom is 0.227 e. The van der Waals surface area contributed by atoms with Gasteiger partial charge in [-0.2, -0.15) is 0 Å². The number of aromatic nitrogens is 1. The number of nitrogens with zero attached hydrogens (tertiary/aromatic N) is 4. The second-order valence-electron chi connectivity index (χ2n) is 10.8. The molecule has 4 aliphatic heterocycles. The van der Waals surface area contributed by atoms with Crippen molar-refractivity contribution in [2.75, 3.05) is 64.9 Å². The number of fused-ring (bicyclic) bond motifs is 2. The predicted octanol–water partition coefficient (Wildman–Crippen LogP) is 3.60. The lowest BCUT2D eigenvalue weighted by Gasteiger charge is -2.39. The molecule has 4 aliphatic rings. The Morgan fingerprint density at radius 3 is 2.47 bits per heavy atom. The molecule has 8 nitrogen and oxygen atoms in total. The van der Waals surface area contributed by atoms with Gasteiger partial charge in [-0.1, -0.05) is 45.0 Å². The molecule has 3 unspecified atom stereocenters. The zero-order valence-corrected chi connectivity index (χ0v) is 23.3. The highest BCUT2D eigenvalue weighted by Crippen LogP contribution is 2.34. The molecule has 4 bridgehead atoms. The summed E-state index contributed by atoms with van der Waals surface area (Å²) in [5, 5.41) is 0. The zero-order valence-electron chi connectivity index (χ0n) is 23.3. The smallest absolute Gasteiger partial charge is 0.227 e. The Balaban J connectivity index is 1.67. The van der Waals surface area contributed by atoms with Gasteiger partial charge < -0.3 is 19.4 Å². The SMILES string of the molecule is CONCC1C(=O)N2CCN(CC2)c2ncc(F)cc2C(C(C)C)OCCN(C)Cc2ccc(cc2)C1C. The molecule has 208 valence electrons. The van der Waals surface area contributed by atoms with E-state index in [1.54, 1.807) is 13.2 Å². The topological polar surface area (TPSA) is 70.2 Å². The molecule has 0 spiro atoms. The van der Waals surface area contributed by atoms with Crippen molar-refractivity contribution in [3.05, 3.63) is 59.0 Å². The average Bonchev–Trinajstić information content (AvgIpc) is 2.91. The number of anilines is 1. The van der Waals surface area contributed by atoms with E-state index in [1.165, 1.54) is 11.8 Å². The number of hydrogen-bond acceptors (Lipinski definition) is 7. The van der Waals surface area contributed by atoms with Gasteiger partial charge in [0.05, 0.1) is 31.9 Å². The first-order valence-corrected chi connectivity index (χ1v) is 13.6. The minimum Gasteiger partial charge on any atom is -0.372 e. The Bertz CT molecular complexity index is 1060. The molecule has 3 atom stereocenters. The molecule has 1 aromatic carbocycles. The van der Waals surface area contributed by atoms with Crippen LogP contribution in [0.2, 0.25) is 0 Å². The van der Waals surface area contributed by atoms with E-state index in [0.717, 1.165) is 30.0 Å². The van der Waals surface area contributed by atoms with Crippen LogP contribution in [0.25, 0.3) is 0 Å². The average molecular weight is 528 g/mol. The number of pyridine rings is 1. The lowest BCUT2D eigenvalue weighted by Crippen LogP contribution is -2.52. The minimum absolute atomic E-state index is 0.0163. The van der Waals surface area contributed by atoms with Crippen molar-refractivity contribution in [1.29, 1.82) is 0 Å². The molecular weight excluding hydrogens is 485 g/mol. The third-order valence-electron chi connectivity index (χ3n) is 7.76. The van der Waals surface area contributed by atoms with E-state index in [0.29, 0.717) is 39.3 Å². The number of piperazine rings is 1. The Morgan fingerprint density at radius 1 is 1.13 bits per heavy atom. The van der Waals surface area contributed by atoms with E-state index in [1.807, 2.05) is 4.90 Å². The summed E-state index contributed by atoms with van der Waals surface area (Å²) in [6.07, 6.45) is 0.989. The van der Waals surface area contributed by atoms with E-state index >= 15 is 0 Å². The lowest BCUT2D eigenvalue weighted by atomic mass is 9.86. The number of nitrogens with one attached hydrogen (secondary N) is 1. The van der Waals surface area contributed by atoms with Crippen molar-refractivity contribution in [3.63, 3.8) is 0 Å². The minimum atomic E-state index is -0.368. The van der Waals surface area contributed by atoms with Crippen molar-refractivity contribution in [2.45, 2.75) is 39.3 Å². The van der Waals surface area contributed by atoms with Crippen LogP contribution in [0.4, 0.5) is 10.2 Å². The fourth-order valence-electron chi connectivity index (χ4n) is 5.47. The van der Waals surface area contributed by atoms with Gasteiger partial charge in [-0.25, -0.2) is 14.9 Å². The highest BCUT2D eigenvalue weighted by molar-refractivity contribution is 5.80. The summed E-state index contributed by atoms with van der Waals surface area (Å²) in [6.45, 7) is 11.2. The van der Waals surface area contributed by atoms with Crippen molar-refractivity contribution in [3.8, 4) is 0 Å². The van der Waals surface area contributed by atoms with Crippen LogP contribution in [-0.4, -0.2) is 80.7 Å². The summed E-state index contributed by atoms with van der Waals surface area (Å²) in [6, 6.07) is 10.1. The Hall–Kier alpha value is -2.59. The van der Waals surface area contributed by atoms with Crippen LogP contribution < -0.4 is 10.4 Å². The van der Waals surface area contributed by atoms with Crippen LogP contribution in [0.3, 0.4) is 0 Å². The van der Waals surface area contributed by atoms with Crippen LogP contribution in [0, 0.1) is 17.7 Å². The fourth-order valence-corrected chi connectivity index (χ4v) is 5.47. The molecule has 1 saturated heterocycles. The number of halogens is 1. The molecule has 6 rings (SSSR count). The molecule has 0 aliphatic carbocycles. The fraction of sp³-hybridized carbons (Fsp3) is 0.586. The first-order valence-electron chi connectivity index (χ1n) is 13.6. The molecule has 2 aromatic rings. The summed E-state index contributed by atoms with van der Waals surface area (Å²) in [7, 11) is 3.65. The molecule has 0 saturated carbocycles. The predicted molar refractivity (Wildman–Crippen MR) is 146 cm³/mol. The molecule has 1 fully saturated rings. The third kappa shape index (κ3) is 6.69. The molecule has 1 N–H and O–H groups in total. The van der Waals surface area contributed by atoms with E-state index < -0.39 is 0 Å². The quantitative estimate of drug-likeness (QED) is 0.610. The Labute approximate surface area is 226 Å². The summed E-state index contributed by atoms with van der Waals surface area (Å²) < 4.78 is 20.8. The number of carbonyl (C=O) groups excluding carboxylic acids is 1. The number of rotatable bonds is 4. The van der Waals surface area contributed by atoms with Crippen molar-refractivity contribution < 1.29 is 18.8 Å². The normalized spacial score (nSPS) is 23.9. The monoisotopic (exact) mass is 527 g/mol. The van der Waals surface area contributed by atoms with E-state index in [-0.39, 0.29) is 35.6 Å². The highest BCUT2D eigenvalue weighted by atomic mass is 19.1. The van der Waals surface area contributed by atoms with E-state index in [2.05, 4.69) is 72.3 Å². The molecule has 9 heteroatoms. The molecular formula is C29H42FN5O3. The summed E-state index contributed by atoms with van der Waals surface area (Å²) in [5.41, 5.74) is 6.02. The van der Waals surface area contributed by atoms with Gasteiger partial charge >= 0.3 is 0 Å². The first-order chi connectivity index (χ1) is 18.3. The Morgan fingerprint density at radius 2 is 1.82 bits per heavy atom.